The molecule has 0 spiro atoms. The third-order valence-electron chi connectivity index (χ3n) is 7.51. The van der Waals surface area contributed by atoms with Gasteiger partial charge in [0.2, 0.25) is 5.91 Å². The molecule has 2 aromatic carbocycles. The number of nitrogens with zero attached hydrogens (tertiary/aromatic N) is 5. The standard InChI is InChI=1S/C29H30FN5O2/c1-29(2)28(37)35(16-18-14-34(15-18)27(36)21-8-9-21)26(32-29)24-11-10-22(12-25(24)30)19-4-6-20(7-5-19)23-13-31-33(3)17-23/h4-7,10-13,17-18,21H,8-9,14-16H2,1-3H3. The summed E-state index contributed by atoms with van der Waals surface area (Å²) in [5.74, 6) is 0.424. The number of aromatic nitrogens is 2. The fraction of sp³-hybridized carbons (Fsp3) is 0.379. The first kappa shape index (κ1) is 23.6. The van der Waals surface area contributed by atoms with Gasteiger partial charge in [0, 0.05) is 50.3 Å². The summed E-state index contributed by atoms with van der Waals surface area (Å²) < 4.78 is 17.3. The number of benzene rings is 2. The lowest BCUT2D eigenvalue weighted by Crippen LogP contribution is -2.55. The van der Waals surface area contributed by atoms with Crippen LogP contribution < -0.4 is 0 Å². The number of aliphatic imine (C=N–C) groups is 1. The first-order valence-corrected chi connectivity index (χ1v) is 12.8. The molecule has 2 aliphatic heterocycles. The van der Waals surface area contributed by atoms with E-state index in [-0.39, 0.29) is 23.7 Å². The molecule has 190 valence electrons. The number of aryl methyl sites for hydroxylation is 1. The van der Waals surface area contributed by atoms with Crippen molar-refractivity contribution in [3.05, 3.63) is 66.2 Å². The molecule has 37 heavy (non-hydrogen) atoms. The molecule has 1 saturated carbocycles. The normalized spacial score (nSPS) is 19.2. The van der Waals surface area contributed by atoms with Gasteiger partial charge in [0.1, 0.15) is 17.2 Å². The Kier molecular flexibility index (Phi) is 5.51. The molecular weight excluding hydrogens is 469 g/mol. The van der Waals surface area contributed by atoms with Crippen LogP contribution >= 0.6 is 0 Å². The third kappa shape index (κ3) is 4.34. The molecule has 3 aliphatic rings. The predicted octanol–water partition coefficient (Wildman–Crippen LogP) is 4.13. The van der Waals surface area contributed by atoms with Crippen LogP contribution in [0.15, 0.2) is 59.9 Å². The Labute approximate surface area is 215 Å². The number of carbonyl (C=O) groups is 2. The summed E-state index contributed by atoms with van der Waals surface area (Å²) in [7, 11) is 1.88. The molecule has 8 heteroatoms. The maximum absolute atomic E-state index is 15.5. The minimum absolute atomic E-state index is 0.135. The molecule has 3 aromatic rings. The average molecular weight is 500 g/mol. The Morgan fingerprint density at radius 1 is 1.03 bits per heavy atom. The SMILES string of the molecule is Cn1cc(-c2ccc(-c3ccc(C4=NC(C)(C)C(=O)N4CC4CN(C(=O)C5CC5)C4)c(F)c3)cc2)cn1. The van der Waals surface area contributed by atoms with E-state index in [0.717, 1.165) is 35.1 Å². The zero-order chi connectivity index (χ0) is 25.9. The first-order valence-electron chi connectivity index (χ1n) is 12.8. The number of halogens is 1. The van der Waals surface area contributed by atoms with Gasteiger partial charge in [-0.15, -0.1) is 0 Å². The summed E-state index contributed by atoms with van der Waals surface area (Å²) in [4.78, 5) is 33.6. The molecule has 2 fully saturated rings. The second-order valence-corrected chi connectivity index (χ2v) is 11.0. The molecule has 0 atom stereocenters. The number of likely N-dealkylation sites (tertiary alicyclic amines) is 1. The number of amides is 2. The van der Waals surface area contributed by atoms with Crippen molar-refractivity contribution in [2.24, 2.45) is 23.9 Å². The van der Waals surface area contributed by atoms with E-state index in [9.17, 15) is 9.59 Å². The van der Waals surface area contributed by atoms with Crippen molar-refractivity contribution < 1.29 is 14.0 Å². The molecule has 0 N–H and O–H groups in total. The van der Waals surface area contributed by atoms with Crippen molar-refractivity contribution in [2.45, 2.75) is 32.2 Å². The summed E-state index contributed by atoms with van der Waals surface area (Å²) in [6.45, 7) is 5.24. The second-order valence-electron chi connectivity index (χ2n) is 11.0. The number of carbonyl (C=O) groups excluding carboxylic acids is 2. The Balaban J connectivity index is 1.20. The highest BCUT2D eigenvalue weighted by Crippen LogP contribution is 2.35. The van der Waals surface area contributed by atoms with Crippen molar-refractivity contribution in [2.75, 3.05) is 19.6 Å². The van der Waals surface area contributed by atoms with Gasteiger partial charge in [-0.3, -0.25) is 24.2 Å². The van der Waals surface area contributed by atoms with Crippen LogP contribution in [0.1, 0.15) is 32.3 Å². The largest absolute Gasteiger partial charge is 0.342 e. The van der Waals surface area contributed by atoms with Crippen molar-refractivity contribution >= 4 is 17.6 Å². The molecule has 1 saturated heterocycles. The molecule has 1 aliphatic carbocycles. The average Bonchev–Trinajstić information content (AvgIpc) is 3.57. The second kappa shape index (κ2) is 8.64. The van der Waals surface area contributed by atoms with Crippen LogP contribution in [0.5, 0.6) is 0 Å². The molecule has 0 bridgehead atoms. The van der Waals surface area contributed by atoms with Crippen molar-refractivity contribution in [3.63, 3.8) is 0 Å². The van der Waals surface area contributed by atoms with Crippen LogP contribution in [0, 0.1) is 17.7 Å². The van der Waals surface area contributed by atoms with E-state index in [0.29, 0.717) is 31.0 Å². The Morgan fingerprint density at radius 3 is 2.27 bits per heavy atom. The zero-order valence-electron chi connectivity index (χ0n) is 21.3. The fourth-order valence-electron chi connectivity index (χ4n) is 5.19. The fourth-order valence-corrected chi connectivity index (χ4v) is 5.19. The van der Waals surface area contributed by atoms with Crippen molar-refractivity contribution in [1.29, 1.82) is 0 Å². The maximum atomic E-state index is 15.5. The van der Waals surface area contributed by atoms with Gasteiger partial charge in [-0.25, -0.2) is 4.39 Å². The molecule has 0 radical (unpaired) electrons. The predicted molar refractivity (Wildman–Crippen MR) is 139 cm³/mol. The molecule has 2 amide bonds. The van der Waals surface area contributed by atoms with Gasteiger partial charge in [0.05, 0.1) is 11.8 Å². The highest BCUT2D eigenvalue weighted by Gasteiger charge is 2.45. The van der Waals surface area contributed by atoms with Crippen LogP contribution in [0.4, 0.5) is 4.39 Å². The summed E-state index contributed by atoms with van der Waals surface area (Å²) in [6.07, 6.45) is 5.73. The van der Waals surface area contributed by atoms with Gasteiger partial charge in [0.25, 0.3) is 5.91 Å². The lowest BCUT2D eigenvalue weighted by Gasteiger charge is -2.41. The summed E-state index contributed by atoms with van der Waals surface area (Å²) >= 11 is 0. The smallest absolute Gasteiger partial charge is 0.255 e. The van der Waals surface area contributed by atoms with Crippen molar-refractivity contribution in [3.8, 4) is 22.3 Å². The molecule has 0 unspecified atom stereocenters. The van der Waals surface area contributed by atoms with E-state index in [1.807, 2.05) is 54.7 Å². The monoisotopic (exact) mass is 499 g/mol. The minimum atomic E-state index is -0.949. The van der Waals surface area contributed by atoms with E-state index in [2.05, 4.69) is 10.1 Å². The first-order chi connectivity index (χ1) is 17.7. The topological polar surface area (TPSA) is 70.8 Å². The summed E-state index contributed by atoms with van der Waals surface area (Å²) in [5, 5.41) is 4.21. The van der Waals surface area contributed by atoms with Gasteiger partial charge in [0.15, 0.2) is 0 Å². The van der Waals surface area contributed by atoms with Gasteiger partial charge >= 0.3 is 0 Å². The summed E-state index contributed by atoms with van der Waals surface area (Å²) in [5.41, 5.74) is 3.08. The van der Waals surface area contributed by atoms with E-state index < -0.39 is 11.4 Å². The number of amidine groups is 1. The quantitative estimate of drug-likeness (QED) is 0.512. The highest BCUT2D eigenvalue weighted by atomic mass is 19.1. The molecule has 3 heterocycles. The minimum Gasteiger partial charge on any atom is -0.342 e. The van der Waals surface area contributed by atoms with Crippen molar-refractivity contribution in [1.82, 2.24) is 19.6 Å². The third-order valence-corrected chi connectivity index (χ3v) is 7.51. The maximum Gasteiger partial charge on any atom is 0.255 e. The lowest BCUT2D eigenvalue weighted by molar-refractivity contribution is -0.140. The molecular formula is C29H30FN5O2. The molecule has 1 aromatic heterocycles. The Morgan fingerprint density at radius 2 is 1.68 bits per heavy atom. The highest BCUT2D eigenvalue weighted by molar-refractivity contribution is 6.15. The van der Waals surface area contributed by atoms with Gasteiger partial charge in [-0.05, 0) is 55.5 Å². The van der Waals surface area contributed by atoms with Crippen LogP contribution in [0.25, 0.3) is 22.3 Å². The Hall–Kier alpha value is -3.81. The number of hydrogen-bond donors (Lipinski definition) is 0. The van der Waals surface area contributed by atoms with E-state index in [1.165, 1.54) is 6.07 Å². The van der Waals surface area contributed by atoms with Crippen LogP contribution in [0.2, 0.25) is 0 Å². The Bertz CT molecular complexity index is 1410. The van der Waals surface area contributed by atoms with E-state index in [1.54, 1.807) is 29.5 Å². The summed E-state index contributed by atoms with van der Waals surface area (Å²) in [6, 6.07) is 13.0. The van der Waals surface area contributed by atoms with E-state index in [4.69, 9.17) is 0 Å². The molecule has 6 rings (SSSR count). The van der Waals surface area contributed by atoms with Crippen LogP contribution in [0.3, 0.4) is 0 Å². The van der Waals surface area contributed by atoms with E-state index >= 15 is 4.39 Å². The number of rotatable bonds is 6. The van der Waals surface area contributed by atoms with Crippen LogP contribution in [-0.2, 0) is 16.6 Å². The zero-order valence-corrected chi connectivity index (χ0v) is 21.3. The van der Waals surface area contributed by atoms with Gasteiger partial charge in [-0.1, -0.05) is 30.3 Å². The van der Waals surface area contributed by atoms with Gasteiger partial charge in [-0.2, -0.15) is 5.10 Å². The lowest BCUT2D eigenvalue weighted by atomic mass is 9.97. The molecule has 7 nitrogen and oxygen atoms in total. The van der Waals surface area contributed by atoms with Crippen LogP contribution in [-0.4, -0.2) is 62.4 Å². The number of hydrogen-bond acceptors (Lipinski definition) is 4. The van der Waals surface area contributed by atoms with Gasteiger partial charge < -0.3 is 4.90 Å².